The minimum Gasteiger partial charge on any atom is -0.384 e. The zero-order valence-electron chi connectivity index (χ0n) is 14.7. The van der Waals surface area contributed by atoms with Crippen LogP contribution in [0.5, 0.6) is 0 Å². The summed E-state index contributed by atoms with van der Waals surface area (Å²) < 4.78 is 19.0. The number of nitrogens with two attached hydrogens (primary N) is 1. The van der Waals surface area contributed by atoms with Crippen LogP contribution in [-0.2, 0) is 22.4 Å². The van der Waals surface area contributed by atoms with E-state index in [4.69, 9.17) is 10.5 Å². The average molecular weight is 357 g/mol. The number of anilines is 1. The summed E-state index contributed by atoms with van der Waals surface area (Å²) in [7, 11) is 0. The SMILES string of the molecule is Nc1cc(CC[C@H]2CN(C(=O)CCc3cccc(F)c3)CCO2)ccn1. The number of ether oxygens (including phenoxy) is 1. The van der Waals surface area contributed by atoms with Gasteiger partial charge in [-0.2, -0.15) is 0 Å². The minimum atomic E-state index is -0.266. The Kier molecular flexibility index (Phi) is 6.17. The largest absolute Gasteiger partial charge is 0.384 e. The molecule has 5 nitrogen and oxygen atoms in total. The molecule has 0 bridgehead atoms. The monoisotopic (exact) mass is 357 g/mol. The number of amides is 1. The summed E-state index contributed by atoms with van der Waals surface area (Å²) in [6, 6.07) is 10.2. The standard InChI is InChI=1S/C20H24FN3O2/c21-17-3-1-2-15(12-17)5-7-20(25)24-10-11-26-18(14-24)6-4-16-8-9-23-19(22)13-16/h1-3,8-9,12-13,18H,4-7,10-11,14H2,(H2,22,23)/t18-/m0/s1. The number of aryl methyl sites for hydroxylation is 2. The van der Waals surface area contributed by atoms with E-state index < -0.39 is 0 Å². The molecule has 138 valence electrons. The maximum absolute atomic E-state index is 13.2. The van der Waals surface area contributed by atoms with E-state index in [1.165, 1.54) is 12.1 Å². The molecule has 0 radical (unpaired) electrons. The summed E-state index contributed by atoms with van der Waals surface area (Å²) in [4.78, 5) is 18.3. The van der Waals surface area contributed by atoms with Gasteiger partial charge in [-0.1, -0.05) is 12.1 Å². The number of hydrogen-bond acceptors (Lipinski definition) is 4. The molecule has 6 heteroatoms. The highest BCUT2D eigenvalue weighted by molar-refractivity contribution is 5.76. The van der Waals surface area contributed by atoms with Crippen LogP contribution in [0.25, 0.3) is 0 Å². The number of carbonyl (C=O) groups excluding carboxylic acids is 1. The van der Waals surface area contributed by atoms with Gasteiger partial charge in [0.1, 0.15) is 11.6 Å². The number of rotatable bonds is 6. The van der Waals surface area contributed by atoms with Gasteiger partial charge in [0.15, 0.2) is 0 Å². The lowest BCUT2D eigenvalue weighted by Gasteiger charge is -2.33. The Morgan fingerprint density at radius 1 is 1.27 bits per heavy atom. The molecule has 2 heterocycles. The van der Waals surface area contributed by atoms with Gasteiger partial charge < -0.3 is 15.4 Å². The topological polar surface area (TPSA) is 68.5 Å². The van der Waals surface area contributed by atoms with Crippen molar-refractivity contribution in [2.45, 2.75) is 31.8 Å². The third kappa shape index (κ3) is 5.26. The second-order valence-electron chi connectivity index (χ2n) is 6.59. The van der Waals surface area contributed by atoms with Crippen LogP contribution in [0, 0.1) is 5.82 Å². The molecule has 26 heavy (non-hydrogen) atoms. The molecule has 1 amide bonds. The van der Waals surface area contributed by atoms with E-state index in [2.05, 4.69) is 4.98 Å². The molecular weight excluding hydrogens is 333 g/mol. The number of carbonyl (C=O) groups is 1. The van der Waals surface area contributed by atoms with Gasteiger partial charge in [0.05, 0.1) is 12.7 Å². The van der Waals surface area contributed by atoms with Crippen molar-refractivity contribution in [3.63, 3.8) is 0 Å². The van der Waals surface area contributed by atoms with Crippen molar-refractivity contribution in [1.29, 1.82) is 0 Å². The first-order valence-corrected chi connectivity index (χ1v) is 8.94. The summed E-state index contributed by atoms with van der Waals surface area (Å²) in [6.45, 7) is 1.76. The lowest BCUT2D eigenvalue weighted by Crippen LogP contribution is -2.45. The van der Waals surface area contributed by atoms with Crippen molar-refractivity contribution in [3.05, 3.63) is 59.5 Å². The van der Waals surface area contributed by atoms with E-state index in [0.29, 0.717) is 38.4 Å². The fourth-order valence-electron chi connectivity index (χ4n) is 3.20. The normalized spacial score (nSPS) is 17.3. The number of hydrogen-bond donors (Lipinski definition) is 1. The molecule has 1 saturated heterocycles. The zero-order valence-corrected chi connectivity index (χ0v) is 14.7. The van der Waals surface area contributed by atoms with Crippen molar-refractivity contribution in [1.82, 2.24) is 9.88 Å². The van der Waals surface area contributed by atoms with Crippen LogP contribution in [0.4, 0.5) is 10.2 Å². The van der Waals surface area contributed by atoms with Gasteiger partial charge in [-0.05, 0) is 54.7 Å². The fraction of sp³-hybridized carbons (Fsp3) is 0.400. The Morgan fingerprint density at radius 3 is 2.92 bits per heavy atom. The molecule has 1 aromatic carbocycles. The zero-order chi connectivity index (χ0) is 18.4. The molecule has 1 fully saturated rings. The fourth-order valence-corrected chi connectivity index (χ4v) is 3.20. The van der Waals surface area contributed by atoms with E-state index in [1.807, 2.05) is 23.1 Å². The number of nitrogen functional groups attached to an aromatic ring is 1. The third-order valence-corrected chi connectivity index (χ3v) is 4.61. The van der Waals surface area contributed by atoms with Gasteiger partial charge in [0.25, 0.3) is 0 Å². The number of morpholine rings is 1. The molecule has 0 spiro atoms. The van der Waals surface area contributed by atoms with Crippen LogP contribution in [-0.4, -0.2) is 41.6 Å². The van der Waals surface area contributed by atoms with Gasteiger partial charge in [0.2, 0.25) is 5.91 Å². The highest BCUT2D eigenvalue weighted by atomic mass is 19.1. The quantitative estimate of drug-likeness (QED) is 0.863. The van der Waals surface area contributed by atoms with E-state index in [1.54, 1.807) is 12.3 Å². The van der Waals surface area contributed by atoms with Crippen LogP contribution < -0.4 is 5.73 Å². The highest BCUT2D eigenvalue weighted by Crippen LogP contribution is 2.15. The summed E-state index contributed by atoms with van der Waals surface area (Å²) in [6.07, 6.45) is 4.33. The van der Waals surface area contributed by atoms with Gasteiger partial charge in [-0.25, -0.2) is 9.37 Å². The first-order chi connectivity index (χ1) is 12.6. The van der Waals surface area contributed by atoms with Gasteiger partial charge in [-0.15, -0.1) is 0 Å². The average Bonchev–Trinajstić information content (AvgIpc) is 2.65. The van der Waals surface area contributed by atoms with Crippen molar-refractivity contribution >= 4 is 11.7 Å². The summed E-state index contributed by atoms with van der Waals surface area (Å²) in [5.74, 6) is 0.343. The second-order valence-corrected chi connectivity index (χ2v) is 6.59. The molecule has 2 aromatic rings. The van der Waals surface area contributed by atoms with E-state index in [-0.39, 0.29) is 17.8 Å². The van der Waals surface area contributed by atoms with Crippen LogP contribution in [0.2, 0.25) is 0 Å². The lowest BCUT2D eigenvalue weighted by atomic mass is 10.1. The van der Waals surface area contributed by atoms with Gasteiger partial charge in [0, 0.05) is 25.7 Å². The predicted molar refractivity (Wildman–Crippen MR) is 98.0 cm³/mol. The number of pyridine rings is 1. The molecule has 2 N–H and O–H groups in total. The molecule has 1 aromatic heterocycles. The first-order valence-electron chi connectivity index (χ1n) is 8.94. The van der Waals surface area contributed by atoms with Crippen molar-refractivity contribution in [2.75, 3.05) is 25.4 Å². The molecule has 0 saturated carbocycles. The van der Waals surface area contributed by atoms with Crippen molar-refractivity contribution in [3.8, 4) is 0 Å². The number of aromatic nitrogens is 1. The van der Waals surface area contributed by atoms with Crippen LogP contribution >= 0.6 is 0 Å². The van der Waals surface area contributed by atoms with Crippen molar-refractivity contribution in [2.24, 2.45) is 0 Å². The summed E-state index contributed by atoms with van der Waals surface area (Å²) in [5.41, 5.74) is 7.67. The van der Waals surface area contributed by atoms with Crippen LogP contribution in [0.15, 0.2) is 42.6 Å². The van der Waals surface area contributed by atoms with E-state index in [0.717, 1.165) is 24.0 Å². The molecule has 3 rings (SSSR count). The van der Waals surface area contributed by atoms with E-state index in [9.17, 15) is 9.18 Å². The molecule has 1 atom stereocenters. The van der Waals surface area contributed by atoms with Gasteiger partial charge >= 0.3 is 0 Å². The Bertz CT molecular complexity index is 753. The maximum Gasteiger partial charge on any atom is 0.223 e. The molecule has 1 aliphatic heterocycles. The first kappa shape index (κ1) is 18.3. The summed E-state index contributed by atoms with van der Waals surface area (Å²) in [5, 5.41) is 0. The number of halogens is 1. The Hall–Kier alpha value is -2.47. The van der Waals surface area contributed by atoms with Crippen LogP contribution in [0.3, 0.4) is 0 Å². The Morgan fingerprint density at radius 2 is 2.12 bits per heavy atom. The molecule has 0 unspecified atom stereocenters. The second kappa shape index (κ2) is 8.76. The third-order valence-electron chi connectivity index (χ3n) is 4.61. The Balaban J connectivity index is 1.47. The summed E-state index contributed by atoms with van der Waals surface area (Å²) >= 11 is 0. The number of benzene rings is 1. The molecule has 0 aliphatic carbocycles. The predicted octanol–water partition coefficient (Wildman–Crippen LogP) is 2.60. The van der Waals surface area contributed by atoms with Gasteiger partial charge in [-0.3, -0.25) is 4.79 Å². The molecule has 1 aliphatic rings. The molecular formula is C20H24FN3O2. The maximum atomic E-state index is 13.2. The lowest BCUT2D eigenvalue weighted by molar-refractivity contribution is -0.138. The Labute approximate surface area is 153 Å². The van der Waals surface area contributed by atoms with E-state index >= 15 is 0 Å². The highest BCUT2D eigenvalue weighted by Gasteiger charge is 2.23. The van der Waals surface area contributed by atoms with Crippen molar-refractivity contribution < 1.29 is 13.9 Å². The number of nitrogens with zero attached hydrogens (tertiary/aromatic N) is 2. The minimum absolute atomic E-state index is 0.0243. The van der Waals surface area contributed by atoms with Crippen LogP contribution in [0.1, 0.15) is 24.0 Å². The smallest absolute Gasteiger partial charge is 0.223 e.